The van der Waals surface area contributed by atoms with E-state index in [0.29, 0.717) is 17.7 Å². The van der Waals surface area contributed by atoms with Crippen LogP contribution in [0.2, 0.25) is 0 Å². The van der Waals surface area contributed by atoms with Crippen molar-refractivity contribution >= 4 is 11.7 Å². The number of pyridine rings is 1. The summed E-state index contributed by atoms with van der Waals surface area (Å²) >= 11 is 0. The quantitative estimate of drug-likeness (QED) is 0.835. The number of nitrogens with zero attached hydrogens (tertiary/aromatic N) is 2. The number of carbonyl (C=O) groups is 1. The summed E-state index contributed by atoms with van der Waals surface area (Å²) in [4.78, 5) is 18.2. The first kappa shape index (κ1) is 16.7. The second kappa shape index (κ2) is 6.51. The molecule has 0 aliphatic carbocycles. The number of anilines is 1. The highest BCUT2D eigenvalue weighted by Gasteiger charge is 2.43. The highest BCUT2D eigenvalue weighted by atomic mass is 19.3. The number of benzene rings is 1. The Kier molecular flexibility index (Phi) is 4.18. The van der Waals surface area contributed by atoms with Gasteiger partial charge in [-0.1, -0.05) is 0 Å². The number of alkyl halides is 2. The fourth-order valence-electron chi connectivity index (χ4n) is 3.83. The summed E-state index contributed by atoms with van der Waals surface area (Å²) in [6.45, 7) is -2.89. The first-order valence-corrected chi connectivity index (χ1v) is 8.30. The van der Waals surface area contributed by atoms with E-state index in [1.165, 1.54) is 30.5 Å². The third kappa shape index (κ3) is 2.95. The number of hydrogen-bond acceptors (Lipinski definition) is 3. The first-order chi connectivity index (χ1) is 12.5. The molecule has 1 N–H and O–H groups in total. The number of hydrogen-bond donors (Lipinski definition) is 1. The van der Waals surface area contributed by atoms with Crippen molar-refractivity contribution in [3.8, 4) is 5.75 Å². The minimum Gasteiger partial charge on any atom is -0.435 e. The van der Waals surface area contributed by atoms with E-state index in [1.807, 2.05) is 0 Å². The molecule has 2 amide bonds. The van der Waals surface area contributed by atoms with Crippen molar-refractivity contribution in [2.75, 3.05) is 5.32 Å². The van der Waals surface area contributed by atoms with Crippen LogP contribution in [0.3, 0.4) is 0 Å². The van der Waals surface area contributed by atoms with E-state index in [2.05, 4.69) is 15.0 Å². The molecule has 0 saturated carbocycles. The minimum absolute atomic E-state index is 0.0212. The molecule has 136 valence electrons. The van der Waals surface area contributed by atoms with Gasteiger partial charge in [0.15, 0.2) is 0 Å². The molecule has 2 aliphatic heterocycles. The number of halogens is 3. The van der Waals surface area contributed by atoms with E-state index in [1.54, 1.807) is 11.0 Å². The molecule has 2 aliphatic rings. The van der Waals surface area contributed by atoms with Crippen LogP contribution < -0.4 is 10.1 Å². The average Bonchev–Trinajstić information content (AvgIpc) is 2.92. The molecule has 3 heterocycles. The van der Waals surface area contributed by atoms with Gasteiger partial charge in [-0.05, 0) is 55.2 Å². The molecule has 0 radical (unpaired) electrons. The number of urea groups is 1. The van der Waals surface area contributed by atoms with Crippen molar-refractivity contribution in [3.05, 3.63) is 53.6 Å². The number of amides is 2. The Hall–Kier alpha value is -2.77. The minimum atomic E-state index is -2.89. The Labute approximate surface area is 147 Å². The van der Waals surface area contributed by atoms with Gasteiger partial charge < -0.3 is 15.0 Å². The smallest absolute Gasteiger partial charge is 0.387 e. The van der Waals surface area contributed by atoms with E-state index in [-0.39, 0.29) is 23.9 Å². The molecule has 5 nitrogen and oxygen atoms in total. The molecule has 0 unspecified atom stereocenters. The number of ether oxygens (including phenoxy) is 1. The fraction of sp³-hybridized carbons (Fsp3) is 0.333. The Balaban J connectivity index is 1.51. The standard InChI is InChI=1S/C18H16F3N3O2/c19-16-14-9-11-3-6-15(13(14)7-8-22-16)24(11)18(25)23-10-1-4-12(5-2-10)26-17(20)21/h1-2,4-5,7-8,11,15,17H,3,6,9H2,(H,23,25)/t11-,15+/m0/s1. The lowest BCUT2D eigenvalue weighted by Crippen LogP contribution is -2.44. The molecule has 1 aromatic carbocycles. The van der Waals surface area contributed by atoms with Crippen LogP contribution in [0.5, 0.6) is 5.75 Å². The second-order valence-corrected chi connectivity index (χ2v) is 6.36. The van der Waals surface area contributed by atoms with Crippen LogP contribution >= 0.6 is 0 Å². The van der Waals surface area contributed by atoms with Crippen molar-refractivity contribution < 1.29 is 22.7 Å². The summed E-state index contributed by atoms with van der Waals surface area (Å²) in [7, 11) is 0. The maximum Gasteiger partial charge on any atom is 0.387 e. The van der Waals surface area contributed by atoms with E-state index >= 15 is 0 Å². The summed E-state index contributed by atoms with van der Waals surface area (Å²) in [5.41, 5.74) is 1.88. The Morgan fingerprint density at radius 2 is 2.00 bits per heavy atom. The lowest BCUT2D eigenvalue weighted by molar-refractivity contribution is -0.0498. The molecule has 1 aromatic heterocycles. The predicted molar refractivity (Wildman–Crippen MR) is 87.6 cm³/mol. The summed E-state index contributed by atoms with van der Waals surface area (Å²) in [5, 5.41) is 2.77. The van der Waals surface area contributed by atoms with E-state index < -0.39 is 12.6 Å². The van der Waals surface area contributed by atoms with Crippen molar-refractivity contribution in [1.82, 2.24) is 9.88 Å². The van der Waals surface area contributed by atoms with Gasteiger partial charge >= 0.3 is 12.6 Å². The number of nitrogens with one attached hydrogen (secondary N) is 1. The SMILES string of the molecule is O=C(Nc1ccc(OC(F)F)cc1)N1[C@H]2CC[C@@H]1c1ccnc(F)c1C2. The van der Waals surface area contributed by atoms with Crippen molar-refractivity contribution in [2.24, 2.45) is 0 Å². The van der Waals surface area contributed by atoms with Gasteiger partial charge in [0, 0.05) is 23.5 Å². The Bertz CT molecular complexity index is 829. The maximum absolute atomic E-state index is 14.0. The fourth-order valence-corrected chi connectivity index (χ4v) is 3.83. The summed E-state index contributed by atoms with van der Waals surface area (Å²) in [5.74, 6) is -0.443. The van der Waals surface area contributed by atoms with Gasteiger partial charge in [0.1, 0.15) is 5.75 Å². The molecule has 8 heteroatoms. The van der Waals surface area contributed by atoms with Gasteiger partial charge in [-0.25, -0.2) is 9.78 Å². The number of rotatable bonds is 3. The number of carbonyl (C=O) groups excluding carboxylic acids is 1. The molecular formula is C18H16F3N3O2. The normalized spacial score (nSPS) is 20.8. The van der Waals surface area contributed by atoms with E-state index in [9.17, 15) is 18.0 Å². The van der Waals surface area contributed by atoms with Crippen molar-refractivity contribution in [2.45, 2.75) is 38.0 Å². The third-order valence-electron chi connectivity index (χ3n) is 4.91. The zero-order chi connectivity index (χ0) is 18.3. The molecule has 26 heavy (non-hydrogen) atoms. The maximum atomic E-state index is 14.0. The highest BCUT2D eigenvalue weighted by molar-refractivity contribution is 5.90. The largest absolute Gasteiger partial charge is 0.435 e. The summed E-state index contributed by atoms with van der Waals surface area (Å²) < 4.78 is 42.6. The van der Waals surface area contributed by atoms with Crippen LogP contribution in [0.4, 0.5) is 23.7 Å². The van der Waals surface area contributed by atoms with Crippen molar-refractivity contribution in [3.63, 3.8) is 0 Å². The molecule has 2 aromatic rings. The molecule has 0 spiro atoms. The second-order valence-electron chi connectivity index (χ2n) is 6.36. The van der Waals surface area contributed by atoms with Crippen LogP contribution in [0, 0.1) is 5.95 Å². The lowest BCUT2D eigenvalue weighted by atomic mass is 9.95. The molecule has 2 bridgehead atoms. The predicted octanol–water partition coefficient (Wildman–Crippen LogP) is 4.12. The van der Waals surface area contributed by atoms with Gasteiger partial charge in [0.25, 0.3) is 0 Å². The van der Waals surface area contributed by atoms with Gasteiger partial charge in [-0.15, -0.1) is 0 Å². The Morgan fingerprint density at radius 1 is 1.23 bits per heavy atom. The van der Waals surface area contributed by atoms with Crippen LogP contribution in [-0.4, -0.2) is 28.6 Å². The average molecular weight is 363 g/mol. The van der Waals surface area contributed by atoms with Crippen LogP contribution in [-0.2, 0) is 6.42 Å². The Morgan fingerprint density at radius 3 is 2.73 bits per heavy atom. The summed E-state index contributed by atoms with van der Waals surface area (Å²) in [6.07, 6.45) is 3.44. The van der Waals surface area contributed by atoms with Gasteiger partial charge in [0.2, 0.25) is 5.95 Å². The molecule has 1 fully saturated rings. The van der Waals surface area contributed by atoms with Gasteiger partial charge in [0.05, 0.1) is 6.04 Å². The monoisotopic (exact) mass is 363 g/mol. The molecule has 4 rings (SSSR count). The zero-order valence-electron chi connectivity index (χ0n) is 13.7. The van der Waals surface area contributed by atoms with Crippen LogP contribution in [0.1, 0.15) is 30.0 Å². The number of fused-ring (bicyclic) bond motifs is 4. The molecule has 1 saturated heterocycles. The van der Waals surface area contributed by atoms with Crippen molar-refractivity contribution in [1.29, 1.82) is 0 Å². The van der Waals surface area contributed by atoms with Gasteiger partial charge in [-0.2, -0.15) is 13.2 Å². The molecular weight excluding hydrogens is 347 g/mol. The lowest BCUT2D eigenvalue weighted by Gasteiger charge is -2.36. The van der Waals surface area contributed by atoms with Gasteiger partial charge in [-0.3, -0.25) is 0 Å². The number of aromatic nitrogens is 1. The van der Waals surface area contributed by atoms with E-state index in [0.717, 1.165) is 18.4 Å². The highest BCUT2D eigenvalue weighted by Crippen LogP contribution is 2.44. The van der Waals surface area contributed by atoms with E-state index in [4.69, 9.17) is 0 Å². The molecule has 2 atom stereocenters. The first-order valence-electron chi connectivity index (χ1n) is 8.30. The summed E-state index contributed by atoms with van der Waals surface area (Å²) in [6, 6.07) is 6.95. The zero-order valence-corrected chi connectivity index (χ0v) is 13.7. The third-order valence-corrected chi connectivity index (χ3v) is 4.91. The topological polar surface area (TPSA) is 54.5 Å². The van der Waals surface area contributed by atoms with Crippen LogP contribution in [0.15, 0.2) is 36.5 Å². The van der Waals surface area contributed by atoms with Crippen LogP contribution in [0.25, 0.3) is 0 Å².